The number of nitrogens with zero attached hydrogens (tertiary/aromatic N) is 3. The fourth-order valence-electron chi connectivity index (χ4n) is 2.88. The first-order valence-electron chi connectivity index (χ1n) is 7.23. The average Bonchev–Trinajstić information content (AvgIpc) is 3.07. The van der Waals surface area contributed by atoms with Gasteiger partial charge in [-0.05, 0) is 0 Å². The number of aromatic nitrogens is 3. The molecule has 3 rings (SSSR count). The zero-order valence-corrected chi connectivity index (χ0v) is 12.9. The quantitative estimate of drug-likeness (QED) is 0.433. The minimum atomic E-state index is -2.11. The summed E-state index contributed by atoms with van der Waals surface area (Å²) in [6.07, 6.45) is 0.247. The Morgan fingerprint density at radius 3 is 3.00 bits per heavy atom. The van der Waals surface area contributed by atoms with Crippen LogP contribution in [0.1, 0.15) is 5.56 Å². The lowest BCUT2D eigenvalue weighted by molar-refractivity contribution is -0.0181. The molecule has 1 saturated heterocycles. The van der Waals surface area contributed by atoms with Crippen LogP contribution in [0.5, 0.6) is 0 Å². The summed E-state index contributed by atoms with van der Waals surface area (Å²) in [5.41, 5.74) is 4.39. The molecule has 3 atom stereocenters. The number of nitrogens with one attached hydrogen (secondary N) is 1. The molecule has 2 unspecified atom stereocenters. The summed E-state index contributed by atoms with van der Waals surface area (Å²) in [6.45, 7) is -1.13. The molecule has 0 radical (unpaired) electrons. The zero-order chi connectivity index (χ0) is 17.5. The smallest absolute Gasteiger partial charge is 0.215 e. The van der Waals surface area contributed by atoms with Crippen molar-refractivity contribution < 1.29 is 24.1 Å². The highest BCUT2D eigenvalue weighted by Gasteiger charge is 2.50. The second-order valence-corrected chi connectivity index (χ2v) is 5.67. The summed E-state index contributed by atoms with van der Waals surface area (Å²) < 4.78 is 26.5. The molecule has 0 aromatic carbocycles. The van der Waals surface area contributed by atoms with E-state index in [0.717, 1.165) is 0 Å². The molecule has 5 N–H and O–H groups in total. The molecule has 1 fully saturated rings. The van der Waals surface area contributed by atoms with Gasteiger partial charge in [-0.1, -0.05) is 0 Å². The summed E-state index contributed by atoms with van der Waals surface area (Å²) in [6, 6.07) is 0. The number of ether oxygens (including phenoxy) is 2. The second kappa shape index (κ2) is 5.96. The molecule has 1 aliphatic rings. The summed E-state index contributed by atoms with van der Waals surface area (Å²) in [5, 5.41) is 27.4. The van der Waals surface area contributed by atoms with Gasteiger partial charge >= 0.3 is 0 Å². The number of alkyl halides is 1. The third-order valence-electron chi connectivity index (χ3n) is 4.16. The largest absolute Gasteiger partial charge is 0.481 e. The van der Waals surface area contributed by atoms with Crippen LogP contribution in [-0.2, 0) is 16.0 Å². The number of nitrogen functional groups attached to an aromatic ring is 1. The molecule has 0 spiro atoms. The van der Waals surface area contributed by atoms with Crippen molar-refractivity contribution >= 4 is 22.7 Å². The predicted octanol–water partition coefficient (Wildman–Crippen LogP) is -0.554. The molecular formula is C14H18FN5O4. The maximum Gasteiger partial charge on any atom is 0.215 e. The van der Waals surface area contributed by atoms with Gasteiger partial charge in [0.15, 0.2) is 5.67 Å². The van der Waals surface area contributed by atoms with Crippen LogP contribution in [0.4, 0.5) is 10.2 Å². The Morgan fingerprint density at radius 2 is 2.38 bits per heavy atom. The van der Waals surface area contributed by atoms with E-state index in [1.165, 1.54) is 24.2 Å². The summed E-state index contributed by atoms with van der Waals surface area (Å²) in [5.74, 6) is -0.0236. The van der Waals surface area contributed by atoms with Gasteiger partial charge in [-0.15, -0.1) is 0 Å². The van der Waals surface area contributed by atoms with E-state index in [2.05, 4.69) is 9.97 Å². The summed E-state index contributed by atoms with van der Waals surface area (Å²) >= 11 is 0. The van der Waals surface area contributed by atoms with Crippen molar-refractivity contribution in [2.45, 2.75) is 24.4 Å². The monoisotopic (exact) mass is 339 g/mol. The topological polar surface area (TPSA) is 140 Å². The van der Waals surface area contributed by atoms with E-state index >= 15 is 4.39 Å². The van der Waals surface area contributed by atoms with Crippen molar-refractivity contribution in [1.29, 1.82) is 5.41 Å². The lowest BCUT2D eigenvalue weighted by atomic mass is 9.98. The van der Waals surface area contributed by atoms with Gasteiger partial charge < -0.3 is 30.0 Å². The molecular weight excluding hydrogens is 321 g/mol. The van der Waals surface area contributed by atoms with E-state index in [1.807, 2.05) is 0 Å². The van der Waals surface area contributed by atoms with Gasteiger partial charge in [-0.3, -0.25) is 5.41 Å². The predicted molar refractivity (Wildman–Crippen MR) is 82.4 cm³/mol. The van der Waals surface area contributed by atoms with E-state index in [9.17, 15) is 5.11 Å². The molecule has 1 aliphatic heterocycles. The highest BCUT2D eigenvalue weighted by atomic mass is 19.1. The number of fused-ring (bicyclic) bond motifs is 1. The molecule has 130 valence electrons. The Morgan fingerprint density at radius 1 is 1.62 bits per heavy atom. The third kappa shape index (κ3) is 2.48. The number of hydrogen-bond donors (Lipinski definition) is 4. The number of halogens is 1. The van der Waals surface area contributed by atoms with Gasteiger partial charge in [0.1, 0.15) is 30.0 Å². The van der Waals surface area contributed by atoms with Gasteiger partial charge in [0.2, 0.25) is 5.90 Å². The third-order valence-corrected chi connectivity index (χ3v) is 4.16. The van der Waals surface area contributed by atoms with Crippen LogP contribution in [0.3, 0.4) is 0 Å². The molecule has 10 heteroatoms. The first-order chi connectivity index (χ1) is 11.4. The van der Waals surface area contributed by atoms with Crippen molar-refractivity contribution in [3.05, 3.63) is 18.1 Å². The highest BCUT2D eigenvalue weighted by Crippen LogP contribution is 2.33. The van der Waals surface area contributed by atoms with Gasteiger partial charge in [-0.2, -0.15) is 0 Å². The first-order valence-corrected chi connectivity index (χ1v) is 7.23. The van der Waals surface area contributed by atoms with E-state index < -0.39 is 24.5 Å². The Balaban J connectivity index is 2.05. The van der Waals surface area contributed by atoms with E-state index in [4.69, 9.17) is 25.7 Å². The first kappa shape index (κ1) is 16.6. The second-order valence-electron chi connectivity index (χ2n) is 5.67. The number of anilines is 1. The van der Waals surface area contributed by atoms with Crippen molar-refractivity contribution in [2.24, 2.45) is 0 Å². The van der Waals surface area contributed by atoms with E-state index in [-0.39, 0.29) is 24.9 Å². The van der Waals surface area contributed by atoms with E-state index in [0.29, 0.717) is 16.6 Å². The number of hydrogen-bond acceptors (Lipinski definition) is 8. The lowest BCUT2D eigenvalue weighted by Gasteiger charge is -2.24. The SMILES string of the molecule is COC(=N)c1cn(C[C@]2(F)COC(CO)C2O)c2ncnc(N)c12. The zero-order valence-electron chi connectivity index (χ0n) is 12.9. The van der Waals surface area contributed by atoms with Gasteiger partial charge in [0, 0.05) is 6.20 Å². The maximum atomic E-state index is 15.1. The number of aliphatic hydroxyl groups excluding tert-OH is 2. The van der Waals surface area contributed by atoms with Crippen LogP contribution in [-0.4, -0.2) is 68.8 Å². The Kier molecular flexibility index (Phi) is 4.11. The fraction of sp³-hybridized carbons (Fsp3) is 0.500. The standard InChI is InChI=1S/C14H18FN5O4/c1-23-12(17)7-2-20(13-9(7)11(16)18-6-19-13)4-14(15)5-24-8(3-21)10(14)22/h2,6,8,10,17,21-22H,3-5H2,1H3,(H2,16,18,19)/t8?,10?,14-/m0/s1. The van der Waals surface area contributed by atoms with E-state index in [1.54, 1.807) is 0 Å². The average molecular weight is 339 g/mol. The number of nitrogens with two attached hydrogens (primary N) is 1. The van der Waals surface area contributed by atoms with Crippen LogP contribution in [0.15, 0.2) is 12.5 Å². The Bertz CT molecular complexity index is 782. The van der Waals surface area contributed by atoms with Crippen molar-refractivity contribution in [3.8, 4) is 0 Å². The van der Waals surface area contributed by atoms with Gasteiger partial charge in [0.05, 0.1) is 37.8 Å². The molecule has 24 heavy (non-hydrogen) atoms. The van der Waals surface area contributed by atoms with Crippen molar-refractivity contribution in [3.63, 3.8) is 0 Å². The minimum absolute atomic E-state index is 0.139. The summed E-state index contributed by atoms with van der Waals surface area (Å²) in [4.78, 5) is 7.99. The van der Waals surface area contributed by atoms with Crippen LogP contribution in [0.2, 0.25) is 0 Å². The summed E-state index contributed by atoms with van der Waals surface area (Å²) in [7, 11) is 1.34. The molecule has 0 saturated carbocycles. The number of methoxy groups -OCH3 is 1. The van der Waals surface area contributed by atoms with Crippen molar-refractivity contribution in [1.82, 2.24) is 14.5 Å². The van der Waals surface area contributed by atoms with Crippen LogP contribution in [0, 0.1) is 5.41 Å². The molecule has 0 amide bonds. The number of aliphatic hydroxyl groups is 2. The molecule has 9 nitrogen and oxygen atoms in total. The van der Waals surface area contributed by atoms with Crippen LogP contribution < -0.4 is 5.73 Å². The molecule has 2 aromatic rings. The highest BCUT2D eigenvalue weighted by molar-refractivity contribution is 6.08. The van der Waals surface area contributed by atoms with Gasteiger partial charge in [-0.25, -0.2) is 14.4 Å². The molecule has 2 aromatic heterocycles. The maximum absolute atomic E-state index is 15.1. The van der Waals surface area contributed by atoms with Crippen molar-refractivity contribution in [2.75, 3.05) is 26.1 Å². The molecule has 3 heterocycles. The fourth-order valence-corrected chi connectivity index (χ4v) is 2.88. The Hall–Kier alpha value is -2.30. The Labute approximate surface area is 136 Å². The molecule has 0 bridgehead atoms. The lowest BCUT2D eigenvalue weighted by Crippen LogP contribution is -2.44. The number of rotatable bonds is 4. The van der Waals surface area contributed by atoms with Crippen LogP contribution in [0.25, 0.3) is 11.0 Å². The van der Waals surface area contributed by atoms with Gasteiger partial charge in [0.25, 0.3) is 0 Å². The normalized spacial score (nSPS) is 26.8. The van der Waals surface area contributed by atoms with Crippen LogP contribution >= 0.6 is 0 Å². The minimum Gasteiger partial charge on any atom is -0.481 e. The molecule has 0 aliphatic carbocycles.